The fraction of sp³-hybridized carbons (Fsp3) is 0.308. The first kappa shape index (κ1) is 11.5. The highest BCUT2D eigenvalue weighted by Gasteiger charge is 1.97. The zero-order chi connectivity index (χ0) is 11.1. The second-order valence-corrected chi connectivity index (χ2v) is 3.50. The van der Waals surface area contributed by atoms with E-state index < -0.39 is 0 Å². The zero-order valence-electron chi connectivity index (χ0n) is 9.46. The summed E-state index contributed by atoms with van der Waals surface area (Å²) >= 11 is 0. The molecule has 15 heavy (non-hydrogen) atoms. The number of hydrogen-bond acceptors (Lipinski definition) is 1. The van der Waals surface area contributed by atoms with Gasteiger partial charge in [0.25, 0.3) is 0 Å². The second kappa shape index (κ2) is 6.02. The lowest BCUT2D eigenvalue weighted by Gasteiger charge is -2.05. The minimum absolute atomic E-state index is 0.922. The van der Waals surface area contributed by atoms with Gasteiger partial charge in [-0.15, -0.1) is 0 Å². The first-order valence-corrected chi connectivity index (χ1v) is 5.15. The molecule has 0 spiro atoms. The third-order valence-electron chi connectivity index (χ3n) is 2.31. The van der Waals surface area contributed by atoms with E-state index in [2.05, 4.69) is 48.1 Å². The van der Waals surface area contributed by atoms with Crippen LogP contribution in [0, 0.1) is 6.92 Å². The molecule has 1 aromatic rings. The number of nitrogens with zero attached hydrogens (tertiary/aromatic N) is 1. The molecule has 0 aliphatic heterocycles. The summed E-state index contributed by atoms with van der Waals surface area (Å²) < 4.78 is 0. The molecule has 1 aromatic carbocycles. The number of aliphatic imine (C=N–C) groups is 1. The molecule has 0 saturated heterocycles. The lowest BCUT2D eigenvalue weighted by molar-refractivity contribution is 0.988. The topological polar surface area (TPSA) is 24.4 Å². The van der Waals surface area contributed by atoms with E-state index in [4.69, 9.17) is 0 Å². The Morgan fingerprint density at radius 2 is 2.07 bits per heavy atom. The van der Waals surface area contributed by atoms with Crippen molar-refractivity contribution in [1.29, 1.82) is 0 Å². The molecule has 1 rings (SSSR count). The van der Waals surface area contributed by atoms with Crippen molar-refractivity contribution in [3.05, 3.63) is 48.2 Å². The number of hydrogen-bond donors (Lipinski definition) is 1. The lowest BCUT2D eigenvalue weighted by Crippen LogP contribution is -2.17. The molecule has 0 aliphatic carbocycles. The molecule has 0 saturated carbocycles. The number of amidine groups is 1. The van der Waals surface area contributed by atoms with Crippen molar-refractivity contribution < 1.29 is 0 Å². The van der Waals surface area contributed by atoms with E-state index >= 15 is 0 Å². The summed E-state index contributed by atoms with van der Waals surface area (Å²) in [4.78, 5) is 4.14. The van der Waals surface area contributed by atoms with Gasteiger partial charge in [-0.3, -0.25) is 4.99 Å². The average Bonchev–Trinajstić information content (AvgIpc) is 2.26. The molecule has 0 amide bonds. The van der Waals surface area contributed by atoms with E-state index in [0.717, 1.165) is 18.7 Å². The third-order valence-corrected chi connectivity index (χ3v) is 2.31. The van der Waals surface area contributed by atoms with Crippen molar-refractivity contribution in [2.24, 2.45) is 4.99 Å². The second-order valence-electron chi connectivity index (χ2n) is 3.50. The molecular formula is C13H18N2. The molecular weight excluding hydrogens is 184 g/mol. The minimum Gasteiger partial charge on any atom is -0.351 e. The van der Waals surface area contributed by atoms with Gasteiger partial charge in [-0.1, -0.05) is 36.4 Å². The van der Waals surface area contributed by atoms with E-state index in [-0.39, 0.29) is 0 Å². The van der Waals surface area contributed by atoms with Crippen LogP contribution in [0.5, 0.6) is 0 Å². The van der Waals surface area contributed by atoms with Gasteiger partial charge in [0.15, 0.2) is 0 Å². The van der Waals surface area contributed by atoms with Gasteiger partial charge >= 0.3 is 0 Å². The number of benzene rings is 1. The van der Waals surface area contributed by atoms with Crippen molar-refractivity contribution in [2.75, 3.05) is 7.05 Å². The van der Waals surface area contributed by atoms with Crippen LogP contribution in [0.2, 0.25) is 0 Å². The molecule has 0 aliphatic rings. The summed E-state index contributed by atoms with van der Waals surface area (Å²) in [6, 6.07) is 8.60. The molecule has 1 N–H and O–H groups in total. The fourth-order valence-electron chi connectivity index (χ4n) is 1.38. The van der Waals surface area contributed by atoms with Gasteiger partial charge < -0.3 is 5.32 Å². The maximum absolute atomic E-state index is 4.14. The molecule has 0 bridgehead atoms. The summed E-state index contributed by atoms with van der Waals surface area (Å²) in [6.45, 7) is 5.72. The molecule has 0 atom stereocenters. The first-order chi connectivity index (χ1) is 7.26. The molecule has 0 aromatic heterocycles. The van der Waals surface area contributed by atoms with Gasteiger partial charge in [0.05, 0.1) is 0 Å². The normalized spacial score (nSPS) is 11.2. The van der Waals surface area contributed by atoms with Crippen LogP contribution in [0.25, 0.3) is 0 Å². The molecule has 0 radical (unpaired) electrons. The van der Waals surface area contributed by atoms with Crippen molar-refractivity contribution in [1.82, 2.24) is 5.32 Å². The molecule has 0 unspecified atom stereocenters. The van der Waals surface area contributed by atoms with Crippen molar-refractivity contribution in [3.8, 4) is 0 Å². The summed E-state index contributed by atoms with van der Waals surface area (Å²) in [5, 5.41) is 3.03. The van der Waals surface area contributed by atoms with E-state index in [1.165, 1.54) is 11.1 Å². The van der Waals surface area contributed by atoms with Gasteiger partial charge in [0.1, 0.15) is 5.84 Å². The van der Waals surface area contributed by atoms with Gasteiger partial charge in [0, 0.05) is 13.5 Å². The van der Waals surface area contributed by atoms with Crippen LogP contribution < -0.4 is 5.32 Å². The van der Waals surface area contributed by atoms with Crippen LogP contribution in [0.3, 0.4) is 0 Å². The Kier molecular flexibility index (Phi) is 4.61. The van der Waals surface area contributed by atoms with Crippen molar-refractivity contribution >= 4 is 5.84 Å². The summed E-state index contributed by atoms with van der Waals surface area (Å²) in [6.07, 6.45) is 3.59. The predicted octanol–water partition coefficient (Wildman–Crippen LogP) is 2.69. The standard InChI is InChI=1S/C13H18N2/c1-4-15-13(14-3)10-9-12-7-5-11(2)6-8-12/h4-8H,1,9-10H2,2-3H3,(H,14,15). The molecule has 80 valence electrons. The Hall–Kier alpha value is -1.57. The summed E-state index contributed by atoms with van der Waals surface area (Å²) in [5.41, 5.74) is 2.64. The minimum atomic E-state index is 0.922. The van der Waals surface area contributed by atoms with Crippen LogP contribution in [0.1, 0.15) is 17.5 Å². The van der Waals surface area contributed by atoms with Crippen molar-refractivity contribution in [3.63, 3.8) is 0 Å². The van der Waals surface area contributed by atoms with Crippen LogP contribution in [0.15, 0.2) is 42.0 Å². The predicted molar refractivity (Wildman–Crippen MR) is 66.2 cm³/mol. The molecule has 2 nitrogen and oxygen atoms in total. The molecule has 0 fully saturated rings. The Morgan fingerprint density at radius 3 is 2.60 bits per heavy atom. The SMILES string of the molecule is C=CNC(CCc1ccc(C)cc1)=NC. The maximum Gasteiger partial charge on any atom is 0.100 e. The van der Waals surface area contributed by atoms with E-state index in [1.807, 2.05) is 0 Å². The Bertz CT molecular complexity index is 336. The fourth-order valence-corrected chi connectivity index (χ4v) is 1.38. The quantitative estimate of drug-likeness (QED) is 0.589. The monoisotopic (exact) mass is 202 g/mol. The Morgan fingerprint density at radius 1 is 1.40 bits per heavy atom. The van der Waals surface area contributed by atoms with Gasteiger partial charge in [-0.05, 0) is 25.1 Å². The number of aryl methyl sites for hydroxylation is 2. The number of nitrogens with one attached hydrogen (secondary N) is 1. The van der Waals surface area contributed by atoms with Gasteiger partial charge in [-0.2, -0.15) is 0 Å². The highest BCUT2D eigenvalue weighted by Crippen LogP contribution is 2.05. The molecule has 2 heteroatoms. The van der Waals surface area contributed by atoms with E-state index in [1.54, 1.807) is 13.2 Å². The third kappa shape index (κ3) is 3.98. The summed E-state index contributed by atoms with van der Waals surface area (Å²) in [5.74, 6) is 0.977. The first-order valence-electron chi connectivity index (χ1n) is 5.15. The van der Waals surface area contributed by atoms with E-state index in [9.17, 15) is 0 Å². The van der Waals surface area contributed by atoms with Crippen LogP contribution in [-0.2, 0) is 6.42 Å². The lowest BCUT2D eigenvalue weighted by atomic mass is 10.1. The average molecular weight is 202 g/mol. The Balaban J connectivity index is 2.49. The smallest absolute Gasteiger partial charge is 0.100 e. The maximum atomic E-state index is 4.14. The van der Waals surface area contributed by atoms with Gasteiger partial charge in [-0.25, -0.2) is 0 Å². The van der Waals surface area contributed by atoms with Crippen molar-refractivity contribution in [2.45, 2.75) is 19.8 Å². The van der Waals surface area contributed by atoms with Crippen LogP contribution in [0.4, 0.5) is 0 Å². The zero-order valence-corrected chi connectivity index (χ0v) is 9.46. The highest BCUT2D eigenvalue weighted by molar-refractivity contribution is 5.83. The largest absolute Gasteiger partial charge is 0.351 e. The molecule has 0 heterocycles. The van der Waals surface area contributed by atoms with Crippen LogP contribution in [-0.4, -0.2) is 12.9 Å². The summed E-state index contributed by atoms with van der Waals surface area (Å²) in [7, 11) is 1.79. The van der Waals surface area contributed by atoms with Gasteiger partial charge in [0.2, 0.25) is 0 Å². The highest BCUT2D eigenvalue weighted by atomic mass is 15.0. The Labute approximate surface area is 91.7 Å². The number of rotatable bonds is 4. The van der Waals surface area contributed by atoms with E-state index in [0.29, 0.717) is 0 Å². The van der Waals surface area contributed by atoms with Crippen LogP contribution >= 0.6 is 0 Å².